The van der Waals surface area contributed by atoms with Gasteiger partial charge in [0.1, 0.15) is 5.75 Å². The molecule has 1 aromatic heterocycles. The van der Waals surface area contributed by atoms with Crippen molar-refractivity contribution in [1.82, 2.24) is 4.98 Å². The van der Waals surface area contributed by atoms with Gasteiger partial charge in [0.05, 0.1) is 35.0 Å². The summed E-state index contributed by atoms with van der Waals surface area (Å²) < 4.78 is 12.3. The van der Waals surface area contributed by atoms with Crippen molar-refractivity contribution in [2.24, 2.45) is 4.99 Å². The van der Waals surface area contributed by atoms with Crippen LogP contribution in [0.1, 0.15) is 11.1 Å². The lowest BCUT2D eigenvalue weighted by molar-refractivity contribution is -0.384. The molecule has 0 amide bonds. The molecular formula is C23H19N3O5S2. The third kappa shape index (κ3) is 5.07. The van der Waals surface area contributed by atoms with Gasteiger partial charge in [0, 0.05) is 35.2 Å². The quantitative estimate of drug-likeness (QED) is 0.143. The Balaban J connectivity index is 1.52. The lowest BCUT2D eigenvalue weighted by Crippen LogP contribution is -1.94. The minimum atomic E-state index is -0.418. The summed E-state index contributed by atoms with van der Waals surface area (Å²) in [5, 5.41) is 21.3. The van der Waals surface area contributed by atoms with E-state index in [0.717, 1.165) is 25.8 Å². The van der Waals surface area contributed by atoms with E-state index >= 15 is 0 Å². The lowest BCUT2D eigenvalue weighted by atomic mass is 10.2. The number of phenolic OH excluding ortho intramolecular Hbond substituents is 1. The number of phenols is 1. The van der Waals surface area contributed by atoms with Crippen molar-refractivity contribution < 1.29 is 19.5 Å². The molecule has 1 heterocycles. The van der Waals surface area contributed by atoms with Crippen LogP contribution in [0.3, 0.4) is 0 Å². The number of rotatable bonds is 8. The third-order valence-corrected chi connectivity index (χ3v) is 6.99. The minimum absolute atomic E-state index is 0.0280. The van der Waals surface area contributed by atoms with Gasteiger partial charge >= 0.3 is 0 Å². The monoisotopic (exact) mass is 481 g/mol. The molecule has 168 valence electrons. The van der Waals surface area contributed by atoms with Crippen molar-refractivity contribution in [3.8, 4) is 17.2 Å². The van der Waals surface area contributed by atoms with E-state index in [1.54, 1.807) is 37.6 Å². The molecule has 0 saturated heterocycles. The molecular weight excluding hydrogens is 462 g/mol. The number of nitrogens with zero attached hydrogens (tertiary/aromatic N) is 3. The van der Waals surface area contributed by atoms with Crippen molar-refractivity contribution in [2.45, 2.75) is 10.1 Å². The summed E-state index contributed by atoms with van der Waals surface area (Å²) in [4.78, 5) is 19.8. The fourth-order valence-electron chi connectivity index (χ4n) is 3.12. The number of non-ortho nitro benzene ring substituents is 1. The first-order valence-corrected chi connectivity index (χ1v) is 11.5. The predicted molar refractivity (Wildman–Crippen MR) is 131 cm³/mol. The van der Waals surface area contributed by atoms with E-state index in [-0.39, 0.29) is 11.4 Å². The zero-order valence-corrected chi connectivity index (χ0v) is 19.4. The molecule has 0 aliphatic rings. The summed E-state index contributed by atoms with van der Waals surface area (Å²) in [5.41, 5.74) is 2.89. The molecule has 0 unspecified atom stereocenters. The molecule has 0 bridgehead atoms. The Bertz CT molecular complexity index is 1350. The van der Waals surface area contributed by atoms with E-state index in [2.05, 4.69) is 9.98 Å². The van der Waals surface area contributed by atoms with E-state index < -0.39 is 4.92 Å². The Labute approximate surface area is 197 Å². The normalized spacial score (nSPS) is 11.2. The molecule has 0 saturated carbocycles. The molecule has 0 aliphatic carbocycles. The fourth-order valence-corrected chi connectivity index (χ4v) is 5.20. The van der Waals surface area contributed by atoms with E-state index in [9.17, 15) is 15.2 Å². The van der Waals surface area contributed by atoms with Gasteiger partial charge in [-0.15, -0.1) is 11.3 Å². The van der Waals surface area contributed by atoms with E-state index in [1.165, 1.54) is 42.3 Å². The van der Waals surface area contributed by atoms with Gasteiger partial charge in [-0.25, -0.2) is 4.98 Å². The Morgan fingerprint density at radius 1 is 1.15 bits per heavy atom. The van der Waals surface area contributed by atoms with Crippen LogP contribution in [0.5, 0.6) is 17.2 Å². The lowest BCUT2D eigenvalue weighted by Gasteiger charge is -2.06. The first kappa shape index (κ1) is 22.6. The molecule has 8 nitrogen and oxygen atoms in total. The first-order valence-electron chi connectivity index (χ1n) is 9.73. The molecule has 4 aromatic rings. The number of ether oxygens (including phenoxy) is 2. The first-order chi connectivity index (χ1) is 16.0. The third-order valence-electron chi connectivity index (χ3n) is 4.78. The predicted octanol–water partition coefficient (Wildman–Crippen LogP) is 5.97. The highest BCUT2D eigenvalue weighted by Crippen LogP contribution is 2.36. The van der Waals surface area contributed by atoms with Crippen molar-refractivity contribution in [3.63, 3.8) is 0 Å². The average molecular weight is 482 g/mol. The number of para-hydroxylation sites is 1. The number of nitro benzene ring substituents is 1. The van der Waals surface area contributed by atoms with E-state index in [1.807, 2.05) is 18.2 Å². The maximum Gasteiger partial charge on any atom is 0.270 e. The van der Waals surface area contributed by atoms with Crippen LogP contribution in [0, 0.1) is 10.1 Å². The van der Waals surface area contributed by atoms with E-state index in [4.69, 9.17) is 9.47 Å². The van der Waals surface area contributed by atoms with Gasteiger partial charge in [-0.2, -0.15) is 0 Å². The summed E-state index contributed by atoms with van der Waals surface area (Å²) in [6, 6.07) is 15.5. The Morgan fingerprint density at radius 3 is 2.73 bits per heavy atom. The van der Waals surface area contributed by atoms with Crippen LogP contribution in [0.15, 0.2) is 63.9 Å². The number of benzene rings is 3. The van der Waals surface area contributed by atoms with Crippen molar-refractivity contribution in [1.29, 1.82) is 0 Å². The van der Waals surface area contributed by atoms with Crippen LogP contribution in [0.4, 0.5) is 11.4 Å². The molecule has 0 radical (unpaired) electrons. The molecule has 1 N–H and O–H groups in total. The number of hydrogen-bond donors (Lipinski definition) is 1. The fraction of sp³-hybridized carbons (Fsp3) is 0.130. The number of fused-ring (bicyclic) bond motifs is 1. The molecule has 0 atom stereocenters. The van der Waals surface area contributed by atoms with Crippen LogP contribution >= 0.6 is 23.1 Å². The average Bonchev–Trinajstić information content (AvgIpc) is 3.24. The molecule has 3 aromatic carbocycles. The van der Waals surface area contributed by atoms with Crippen LogP contribution in [-0.2, 0) is 5.75 Å². The molecule has 4 rings (SSSR count). The second-order valence-corrected chi connectivity index (χ2v) is 9.08. The summed E-state index contributed by atoms with van der Waals surface area (Å²) in [5.74, 6) is 1.52. The van der Waals surface area contributed by atoms with Gasteiger partial charge in [-0.05, 0) is 36.4 Å². The number of thiazole rings is 1. The van der Waals surface area contributed by atoms with Crippen LogP contribution in [-0.4, -0.2) is 35.4 Å². The molecule has 33 heavy (non-hydrogen) atoms. The number of hydrogen-bond acceptors (Lipinski definition) is 9. The number of aliphatic imine (C=N–C) groups is 1. The highest BCUT2D eigenvalue weighted by molar-refractivity contribution is 8.00. The van der Waals surface area contributed by atoms with Gasteiger partial charge in [-0.1, -0.05) is 17.8 Å². The molecule has 0 spiro atoms. The maximum atomic E-state index is 11.1. The summed E-state index contributed by atoms with van der Waals surface area (Å²) in [6.07, 6.45) is 1.59. The topological polar surface area (TPSA) is 107 Å². The van der Waals surface area contributed by atoms with Gasteiger partial charge in [-0.3, -0.25) is 15.1 Å². The minimum Gasteiger partial charge on any atom is -0.504 e. The Morgan fingerprint density at radius 2 is 1.97 bits per heavy atom. The molecule has 10 heteroatoms. The van der Waals surface area contributed by atoms with Gasteiger partial charge in [0.2, 0.25) is 0 Å². The van der Waals surface area contributed by atoms with Crippen molar-refractivity contribution in [3.05, 3.63) is 75.8 Å². The number of methoxy groups -OCH3 is 2. The van der Waals surface area contributed by atoms with E-state index in [0.29, 0.717) is 22.8 Å². The van der Waals surface area contributed by atoms with Crippen molar-refractivity contribution >= 4 is 50.9 Å². The van der Waals surface area contributed by atoms with Gasteiger partial charge in [0.15, 0.2) is 15.8 Å². The Kier molecular flexibility index (Phi) is 6.76. The smallest absolute Gasteiger partial charge is 0.270 e. The highest BCUT2D eigenvalue weighted by Gasteiger charge is 2.13. The largest absolute Gasteiger partial charge is 0.504 e. The molecule has 0 fully saturated rings. The second-order valence-electron chi connectivity index (χ2n) is 6.83. The number of aromatic nitrogens is 1. The SMILES string of the molecule is COc1ccc([N+](=O)[O-])cc1CSc1nc2ccc(N=Cc3cccc(OC)c3O)cc2s1. The molecule has 0 aliphatic heterocycles. The zero-order valence-electron chi connectivity index (χ0n) is 17.7. The van der Waals surface area contributed by atoms with Crippen LogP contribution in [0.25, 0.3) is 10.2 Å². The van der Waals surface area contributed by atoms with Crippen LogP contribution in [0.2, 0.25) is 0 Å². The van der Waals surface area contributed by atoms with Crippen molar-refractivity contribution in [2.75, 3.05) is 14.2 Å². The van der Waals surface area contributed by atoms with Gasteiger partial charge in [0.25, 0.3) is 5.69 Å². The van der Waals surface area contributed by atoms with Gasteiger partial charge < -0.3 is 14.6 Å². The zero-order chi connectivity index (χ0) is 23.4. The highest BCUT2D eigenvalue weighted by atomic mass is 32.2. The maximum absolute atomic E-state index is 11.1. The number of nitro groups is 1. The summed E-state index contributed by atoms with van der Waals surface area (Å²) in [7, 11) is 3.04. The summed E-state index contributed by atoms with van der Waals surface area (Å²) >= 11 is 3.01. The van der Waals surface area contributed by atoms with Crippen LogP contribution < -0.4 is 9.47 Å². The Hall–Kier alpha value is -3.63. The number of thioether (sulfide) groups is 1. The second kappa shape index (κ2) is 9.88. The standard InChI is InChI=1S/C23H19N3O5S2/c1-30-19-9-7-17(26(28)29)10-15(19)13-32-23-25-18-8-6-16(11-21(18)33-23)24-12-14-4-3-5-20(31-2)22(14)27/h3-12,27H,13H2,1-2H3. The summed E-state index contributed by atoms with van der Waals surface area (Å²) in [6.45, 7) is 0. The number of aromatic hydroxyl groups is 1.